The van der Waals surface area contributed by atoms with Crippen molar-refractivity contribution >= 4 is 23.3 Å². The number of carbonyl (C=O) groups is 1. The van der Waals surface area contributed by atoms with Gasteiger partial charge in [0.15, 0.2) is 0 Å². The number of rotatable bonds is 4. The molecule has 0 amide bonds. The van der Waals surface area contributed by atoms with E-state index in [1.54, 1.807) is 12.1 Å². The van der Waals surface area contributed by atoms with E-state index < -0.39 is 5.97 Å². The molecule has 116 valence electrons. The van der Waals surface area contributed by atoms with E-state index in [2.05, 4.69) is 17.1 Å². The number of hydrogen-bond acceptors (Lipinski definition) is 4. The minimum absolute atomic E-state index is 0.401. The van der Waals surface area contributed by atoms with E-state index in [4.69, 9.17) is 16.3 Å². The third kappa shape index (κ3) is 4.35. The molecule has 0 spiro atoms. The lowest BCUT2D eigenvalue weighted by Gasteiger charge is -2.19. The van der Waals surface area contributed by atoms with E-state index in [0.717, 1.165) is 31.6 Å². The molecule has 21 heavy (non-hydrogen) atoms. The van der Waals surface area contributed by atoms with Gasteiger partial charge in [0, 0.05) is 18.3 Å². The highest BCUT2D eigenvalue weighted by Crippen LogP contribution is 2.23. The Kier molecular flexibility index (Phi) is 5.88. The number of hydrogen-bond donors (Lipinski definition) is 1. The Balaban J connectivity index is 2.04. The summed E-state index contributed by atoms with van der Waals surface area (Å²) in [5.41, 5.74) is 1.34. The second-order valence-electron chi connectivity index (χ2n) is 5.39. The number of benzene rings is 1. The molecule has 1 atom stereocenters. The number of anilines is 1. The minimum atomic E-state index is -0.401. The fourth-order valence-corrected chi connectivity index (χ4v) is 2.93. The van der Waals surface area contributed by atoms with Crippen LogP contribution in [0.2, 0.25) is 5.02 Å². The van der Waals surface area contributed by atoms with Crippen molar-refractivity contribution < 1.29 is 9.53 Å². The van der Waals surface area contributed by atoms with Crippen LogP contribution in [0.5, 0.6) is 0 Å². The van der Waals surface area contributed by atoms with Gasteiger partial charge in [-0.2, -0.15) is 0 Å². The van der Waals surface area contributed by atoms with E-state index in [1.165, 1.54) is 20.1 Å². The first-order valence-electron chi connectivity index (χ1n) is 7.50. The van der Waals surface area contributed by atoms with Crippen molar-refractivity contribution in [1.29, 1.82) is 0 Å². The smallest absolute Gasteiger partial charge is 0.339 e. The van der Waals surface area contributed by atoms with Gasteiger partial charge >= 0.3 is 5.97 Å². The Hall–Kier alpha value is -1.26. The van der Waals surface area contributed by atoms with Gasteiger partial charge in [0.25, 0.3) is 0 Å². The van der Waals surface area contributed by atoms with Crippen LogP contribution in [0.15, 0.2) is 18.2 Å². The van der Waals surface area contributed by atoms with E-state index in [-0.39, 0.29) is 0 Å². The molecular weight excluding hydrogens is 288 g/mol. The summed E-state index contributed by atoms with van der Waals surface area (Å²) in [4.78, 5) is 14.2. The van der Waals surface area contributed by atoms with Gasteiger partial charge in [-0.3, -0.25) is 0 Å². The first kappa shape index (κ1) is 16.1. The van der Waals surface area contributed by atoms with Crippen molar-refractivity contribution in [2.75, 3.05) is 32.1 Å². The van der Waals surface area contributed by atoms with Crippen molar-refractivity contribution in [3.05, 3.63) is 28.8 Å². The SMILES string of the molecule is CCN1CCCC(Nc2ccc(Cl)c(C(=O)OC)c2)CC1. The van der Waals surface area contributed by atoms with E-state index >= 15 is 0 Å². The molecule has 0 aliphatic carbocycles. The number of nitrogens with zero attached hydrogens (tertiary/aromatic N) is 1. The molecule has 4 nitrogen and oxygen atoms in total. The normalized spacial score (nSPS) is 19.9. The Labute approximate surface area is 131 Å². The van der Waals surface area contributed by atoms with Crippen LogP contribution in [0.3, 0.4) is 0 Å². The zero-order chi connectivity index (χ0) is 15.2. The summed E-state index contributed by atoms with van der Waals surface area (Å²) in [6.45, 7) is 5.60. The van der Waals surface area contributed by atoms with Gasteiger partial charge in [0.05, 0.1) is 17.7 Å². The third-order valence-electron chi connectivity index (χ3n) is 4.01. The molecule has 1 unspecified atom stereocenters. The molecule has 0 aromatic heterocycles. The van der Waals surface area contributed by atoms with Crippen LogP contribution in [0.4, 0.5) is 5.69 Å². The van der Waals surface area contributed by atoms with Crippen LogP contribution < -0.4 is 5.32 Å². The van der Waals surface area contributed by atoms with Gasteiger partial charge in [-0.05, 0) is 50.6 Å². The number of likely N-dealkylation sites (tertiary alicyclic amines) is 1. The van der Waals surface area contributed by atoms with Crippen LogP contribution in [0.1, 0.15) is 36.5 Å². The maximum atomic E-state index is 11.7. The molecule has 0 saturated carbocycles. The van der Waals surface area contributed by atoms with Gasteiger partial charge in [0.2, 0.25) is 0 Å². The first-order chi connectivity index (χ1) is 10.1. The number of ether oxygens (including phenoxy) is 1. The lowest BCUT2D eigenvalue weighted by Crippen LogP contribution is -2.26. The van der Waals surface area contributed by atoms with Gasteiger partial charge in [-0.1, -0.05) is 18.5 Å². The second-order valence-corrected chi connectivity index (χ2v) is 5.80. The van der Waals surface area contributed by atoms with Crippen molar-refractivity contribution in [2.24, 2.45) is 0 Å². The molecular formula is C16H23ClN2O2. The van der Waals surface area contributed by atoms with Gasteiger partial charge in [0.1, 0.15) is 0 Å². The monoisotopic (exact) mass is 310 g/mol. The summed E-state index contributed by atoms with van der Waals surface area (Å²) in [6, 6.07) is 5.87. The molecule has 1 aliphatic heterocycles. The molecule has 1 saturated heterocycles. The van der Waals surface area contributed by atoms with Crippen molar-refractivity contribution in [3.8, 4) is 0 Å². The zero-order valence-corrected chi connectivity index (χ0v) is 13.4. The van der Waals surface area contributed by atoms with Crippen molar-refractivity contribution in [1.82, 2.24) is 4.90 Å². The summed E-state index contributed by atoms with van der Waals surface area (Å²) in [5, 5.41) is 3.94. The largest absolute Gasteiger partial charge is 0.465 e. The summed E-state index contributed by atoms with van der Waals surface area (Å²) in [5.74, 6) is -0.401. The molecule has 1 aromatic rings. The molecule has 2 rings (SSSR count). The standard InChI is InChI=1S/C16H23ClN2O2/c1-3-19-9-4-5-12(8-10-19)18-13-6-7-15(17)14(11-13)16(20)21-2/h6-7,11-12,18H,3-5,8-10H2,1-2H3. The molecule has 1 N–H and O–H groups in total. The van der Waals surface area contributed by atoms with Crippen LogP contribution in [0.25, 0.3) is 0 Å². The molecule has 0 bridgehead atoms. The van der Waals surface area contributed by atoms with E-state index in [1.807, 2.05) is 6.07 Å². The third-order valence-corrected chi connectivity index (χ3v) is 4.34. The van der Waals surface area contributed by atoms with Gasteiger partial charge in [-0.15, -0.1) is 0 Å². The number of methoxy groups -OCH3 is 1. The Morgan fingerprint density at radius 3 is 2.95 bits per heavy atom. The summed E-state index contributed by atoms with van der Waals surface area (Å²) in [6.07, 6.45) is 3.46. The second kappa shape index (κ2) is 7.66. The molecule has 0 radical (unpaired) electrons. The van der Waals surface area contributed by atoms with Crippen LogP contribution in [-0.4, -0.2) is 43.7 Å². The Morgan fingerprint density at radius 1 is 1.43 bits per heavy atom. The number of halogens is 1. The van der Waals surface area contributed by atoms with Crippen molar-refractivity contribution in [3.63, 3.8) is 0 Å². The quantitative estimate of drug-likeness (QED) is 0.865. The van der Waals surface area contributed by atoms with Gasteiger partial charge < -0.3 is 15.0 Å². The Morgan fingerprint density at radius 2 is 2.24 bits per heavy atom. The lowest BCUT2D eigenvalue weighted by atomic mass is 10.1. The maximum Gasteiger partial charge on any atom is 0.339 e. The first-order valence-corrected chi connectivity index (χ1v) is 7.88. The lowest BCUT2D eigenvalue weighted by molar-refractivity contribution is 0.0601. The molecule has 1 heterocycles. The molecule has 1 aromatic carbocycles. The van der Waals surface area contributed by atoms with Crippen LogP contribution in [0, 0.1) is 0 Å². The number of esters is 1. The zero-order valence-electron chi connectivity index (χ0n) is 12.7. The topological polar surface area (TPSA) is 41.6 Å². The molecule has 1 aliphatic rings. The van der Waals surface area contributed by atoms with Gasteiger partial charge in [-0.25, -0.2) is 4.79 Å². The average molecular weight is 311 g/mol. The number of nitrogens with one attached hydrogen (secondary N) is 1. The fraction of sp³-hybridized carbons (Fsp3) is 0.562. The maximum absolute atomic E-state index is 11.7. The highest BCUT2D eigenvalue weighted by Gasteiger charge is 2.17. The predicted octanol–water partition coefficient (Wildman–Crippen LogP) is 3.41. The highest BCUT2D eigenvalue weighted by molar-refractivity contribution is 6.33. The molecule has 1 fully saturated rings. The fourth-order valence-electron chi connectivity index (χ4n) is 2.73. The predicted molar refractivity (Wildman–Crippen MR) is 86.2 cm³/mol. The minimum Gasteiger partial charge on any atom is -0.465 e. The summed E-state index contributed by atoms with van der Waals surface area (Å²) >= 11 is 6.04. The Bertz CT molecular complexity index is 493. The number of carbonyl (C=O) groups excluding carboxylic acids is 1. The van der Waals surface area contributed by atoms with E-state index in [0.29, 0.717) is 16.6 Å². The molecule has 5 heteroatoms. The average Bonchev–Trinajstić information content (AvgIpc) is 2.73. The van der Waals surface area contributed by atoms with E-state index in [9.17, 15) is 4.79 Å². The highest BCUT2D eigenvalue weighted by atomic mass is 35.5. The summed E-state index contributed by atoms with van der Waals surface area (Å²) < 4.78 is 4.75. The van der Waals surface area contributed by atoms with Crippen LogP contribution >= 0.6 is 11.6 Å². The van der Waals surface area contributed by atoms with Crippen LogP contribution in [-0.2, 0) is 4.74 Å². The van der Waals surface area contributed by atoms with Crippen molar-refractivity contribution in [2.45, 2.75) is 32.2 Å². The summed E-state index contributed by atoms with van der Waals surface area (Å²) in [7, 11) is 1.36.